The maximum Gasteiger partial charge on any atom is 0.253 e. The van der Waals surface area contributed by atoms with Gasteiger partial charge in [-0.25, -0.2) is 0 Å². The lowest BCUT2D eigenvalue weighted by Gasteiger charge is -2.34. The zero-order valence-corrected chi connectivity index (χ0v) is 12.8. The average molecular weight is 327 g/mol. The lowest BCUT2D eigenvalue weighted by atomic mass is 9.82. The van der Waals surface area contributed by atoms with E-state index in [9.17, 15) is 9.90 Å². The highest BCUT2D eigenvalue weighted by Crippen LogP contribution is 2.29. The van der Waals surface area contributed by atoms with Crippen LogP contribution in [0.15, 0.2) is 16.6 Å². The summed E-state index contributed by atoms with van der Waals surface area (Å²) in [5, 5.41) is 9.28. The molecule has 104 valence electrons. The van der Waals surface area contributed by atoms with E-state index in [2.05, 4.69) is 15.9 Å². The molecule has 1 saturated carbocycles. The summed E-state index contributed by atoms with van der Waals surface area (Å²) < 4.78 is 0.811. The molecule has 1 aromatic carbocycles. The van der Waals surface area contributed by atoms with Crippen molar-refractivity contribution in [3.05, 3.63) is 27.7 Å². The molecule has 3 N–H and O–H groups in total. The Morgan fingerprint density at radius 2 is 2.16 bits per heavy atom. The number of hydrogen-bond donors (Lipinski definition) is 2. The van der Waals surface area contributed by atoms with E-state index in [-0.39, 0.29) is 12.0 Å². The van der Waals surface area contributed by atoms with Gasteiger partial charge in [-0.1, -0.05) is 15.9 Å². The van der Waals surface area contributed by atoms with Gasteiger partial charge in [-0.3, -0.25) is 4.79 Å². The fourth-order valence-corrected chi connectivity index (χ4v) is 2.92. The van der Waals surface area contributed by atoms with Crippen molar-refractivity contribution in [2.24, 2.45) is 5.92 Å². The second kappa shape index (κ2) is 5.51. The molecular formula is C14H19BrN2O2. The van der Waals surface area contributed by atoms with Gasteiger partial charge in [-0.15, -0.1) is 0 Å². The van der Waals surface area contributed by atoms with Crippen LogP contribution in [0.25, 0.3) is 0 Å². The van der Waals surface area contributed by atoms with Crippen LogP contribution >= 0.6 is 15.9 Å². The molecule has 2 rings (SSSR count). The average Bonchev–Trinajstić information content (AvgIpc) is 2.30. The fourth-order valence-electron chi connectivity index (χ4n) is 2.45. The summed E-state index contributed by atoms with van der Waals surface area (Å²) in [5.41, 5.74) is 7.95. The van der Waals surface area contributed by atoms with Crippen molar-refractivity contribution in [2.45, 2.75) is 25.9 Å². The first-order valence-corrected chi connectivity index (χ1v) is 7.17. The molecule has 0 saturated heterocycles. The number of amides is 1. The number of nitrogens with two attached hydrogens (primary N) is 1. The second-order valence-electron chi connectivity index (χ2n) is 5.34. The third kappa shape index (κ3) is 3.09. The summed E-state index contributed by atoms with van der Waals surface area (Å²) in [6.45, 7) is 2.54. The smallest absolute Gasteiger partial charge is 0.253 e. The van der Waals surface area contributed by atoms with E-state index in [0.717, 1.165) is 22.9 Å². The van der Waals surface area contributed by atoms with E-state index in [0.29, 0.717) is 23.7 Å². The van der Waals surface area contributed by atoms with E-state index in [4.69, 9.17) is 5.73 Å². The Balaban J connectivity index is 2.10. The number of carbonyl (C=O) groups is 1. The molecule has 0 aliphatic heterocycles. The lowest BCUT2D eigenvalue weighted by molar-refractivity contribution is 0.0265. The number of nitrogens with zero attached hydrogens (tertiary/aromatic N) is 1. The van der Waals surface area contributed by atoms with Crippen LogP contribution in [-0.2, 0) is 0 Å². The Morgan fingerprint density at radius 1 is 1.53 bits per heavy atom. The second-order valence-corrected chi connectivity index (χ2v) is 6.26. The SMILES string of the molecule is Cc1c(N)cc(Br)cc1C(=O)N(C)CC1CC(O)C1. The molecule has 5 heteroatoms. The van der Waals surface area contributed by atoms with Gasteiger partial charge in [-0.05, 0) is 43.4 Å². The van der Waals surface area contributed by atoms with E-state index in [1.165, 1.54) is 0 Å². The van der Waals surface area contributed by atoms with Gasteiger partial charge in [0.2, 0.25) is 0 Å². The number of rotatable bonds is 3. The predicted molar refractivity (Wildman–Crippen MR) is 79.0 cm³/mol. The first kappa shape index (κ1) is 14.3. The molecular weight excluding hydrogens is 308 g/mol. The molecule has 0 radical (unpaired) electrons. The molecule has 1 fully saturated rings. The zero-order chi connectivity index (χ0) is 14.2. The van der Waals surface area contributed by atoms with E-state index >= 15 is 0 Å². The Hall–Kier alpha value is -1.07. The molecule has 1 aromatic rings. The number of carbonyl (C=O) groups excluding carboxylic acids is 1. The maximum atomic E-state index is 12.4. The largest absolute Gasteiger partial charge is 0.398 e. The molecule has 4 nitrogen and oxygen atoms in total. The summed E-state index contributed by atoms with van der Waals surface area (Å²) in [5.74, 6) is 0.389. The lowest BCUT2D eigenvalue weighted by Crippen LogP contribution is -2.39. The van der Waals surface area contributed by atoms with E-state index in [1.54, 1.807) is 24.1 Å². The molecule has 0 bridgehead atoms. The summed E-state index contributed by atoms with van der Waals surface area (Å²) >= 11 is 3.36. The molecule has 1 aliphatic carbocycles. The van der Waals surface area contributed by atoms with Gasteiger partial charge in [0, 0.05) is 29.3 Å². The van der Waals surface area contributed by atoms with E-state index in [1.807, 2.05) is 6.92 Å². The molecule has 1 aliphatic rings. The van der Waals surface area contributed by atoms with Crippen LogP contribution in [0.1, 0.15) is 28.8 Å². The number of nitrogen functional groups attached to an aromatic ring is 1. The summed E-state index contributed by atoms with van der Waals surface area (Å²) in [6, 6.07) is 3.61. The summed E-state index contributed by atoms with van der Waals surface area (Å²) in [6.07, 6.45) is 1.39. The maximum absolute atomic E-state index is 12.4. The Morgan fingerprint density at radius 3 is 2.74 bits per heavy atom. The van der Waals surface area contributed by atoms with Gasteiger partial charge in [0.15, 0.2) is 0 Å². The highest BCUT2D eigenvalue weighted by molar-refractivity contribution is 9.10. The molecule has 0 unspecified atom stereocenters. The van der Waals surface area contributed by atoms with Crippen LogP contribution in [0, 0.1) is 12.8 Å². The van der Waals surface area contributed by atoms with Crippen molar-refractivity contribution in [3.8, 4) is 0 Å². The van der Waals surface area contributed by atoms with E-state index < -0.39 is 0 Å². The van der Waals surface area contributed by atoms with Crippen LogP contribution < -0.4 is 5.73 Å². The molecule has 19 heavy (non-hydrogen) atoms. The van der Waals surface area contributed by atoms with Crippen LogP contribution in [-0.4, -0.2) is 35.6 Å². The number of benzene rings is 1. The zero-order valence-electron chi connectivity index (χ0n) is 11.2. The monoisotopic (exact) mass is 326 g/mol. The number of anilines is 1. The van der Waals surface area contributed by atoms with Crippen LogP contribution in [0.5, 0.6) is 0 Å². The molecule has 0 aromatic heterocycles. The minimum absolute atomic E-state index is 0.0214. The number of aliphatic hydroxyl groups excluding tert-OH is 1. The van der Waals surface area contributed by atoms with Gasteiger partial charge >= 0.3 is 0 Å². The minimum Gasteiger partial charge on any atom is -0.398 e. The van der Waals surface area contributed by atoms with Gasteiger partial charge in [0.25, 0.3) is 5.91 Å². The quantitative estimate of drug-likeness (QED) is 0.837. The molecule has 1 amide bonds. The van der Waals surface area contributed by atoms with Gasteiger partial charge in [-0.2, -0.15) is 0 Å². The van der Waals surface area contributed by atoms with Crippen molar-refractivity contribution in [3.63, 3.8) is 0 Å². The van der Waals surface area contributed by atoms with Crippen molar-refractivity contribution >= 4 is 27.5 Å². The first-order chi connectivity index (χ1) is 8.88. The molecule has 0 atom stereocenters. The van der Waals surface area contributed by atoms with Gasteiger partial charge < -0.3 is 15.7 Å². The fraction of sp³-hybridized carbons (Fsp3) is 0.500. The van der Waals surface area contributed by atoms with Crippen molar-refractivity contribution in [1.82, 2.24) is 4.90 Å². The van der Waals surface area contributed by atoms with Gasteiger partial charge in [0.1, 0.15) is 0 Å². The molecule has 0 heterocycles. The summed E-state index contributed by atoms with van der Waals surface area (Å²) in [4.78, 5) is 14.1. The minimum atomic E-state index is -0.184. The van der Waals surface area contributed by atoms with Crippen LogP contribution in [0.3, 0.4) is 0 Å². The Kier molecular flexibility index (Phi) is 4.16. The standard InChI is InChI=1S/C14H19BrN2O2/c1-8-12(5-10(15)6-13(8)16)14(19)17(2)7-9-3-11(18)4-9/h5-6,9,11,18H,3-4,7,16H2,1-2H3. The predicted octanol–water partition coefficient (Wildman–Crippen LogP) is 2.18. The molecule has 0 spiro atoms. The first-order valence-electron chi connectivity index (χ1n) is 6.37. The Bertz CT molecular complexity index is 498. The van der Waals surface area contributed by atoms with Crippen molar-refractivity contribution < 1.29 is 9.90 Å². The van der Waals surface area contributed by atoms with Gasteiger partial charge in [0.05, 0.1) is 6.10 Å². The van der Waals surface area contributed by atoms with Crippen LogP contribution in [0.4, 0.5) is 5.69 Å². The topological polar surface area (TPSA) is 66.6 Å². The highest BCUT2D eigenvalue weighted by atomic mass is 79.9. The highest BCUT2D eigenvalue weighted by Gasteiger charge is 2.29. The normalized spacial score (nSPS) is 21.9. The number of aliphatic hydroxyl groups is 1. The number of hydrogen-bond acceptors (Lipinski definition) is 3. The van der Waals surface area contributed by atoms with Crippen LogP contribution in [0.2, 0.25) is 0 Å². The summed E-state index contributed by atoms with van der Waals surface area (Å²) in [7, 11) is 1.80. The Labute approximate surface area is 121 Å². The third-order valence-corrected chi connectivity index (χ3v) is 4.19. The van der Waals surface area contributed by atoms with Crippen molar-refractivity contribution in [2.75, 3.05) is 19.3 Å². The third-order valence-electron chi connectivity index (χ3n) is 3.73. The van der Waals surface area contributed by atoms with Crippen molar-refractivity contribution in [1.29, 1.82) is 0 Å². The number of halogens is 1.